The number of halogens is 2. The number of rotatable bonds is 1. The fraction of sp³-hybridized carbons (Fsp3) is 0.455. The smallest absolute Gasteiger partial charge is 0.129 e. The van der Waals surface area contributed by atoms with Crippen LogP contribution in [0.15, 0.2) is 6.07 Å². The van der Waals surface area contributed by atoms with Gasteiger partial charge in [-0.25, -0.2) is 8.78 Å². The minimum absolute atomic E-state index is 0.427. The summed E-state index contributed by atoms with van der Waals surface area (Å²) >= 11 is 0. The Bertz CT molecular complexity index is 338. The van der Waals surface area contributed by atoms with Crippen LogP contribution in [0.2, 0.25) is 0 Å². The molecule has 1 aromatic rings. The van der Waals surface area contributed by atoms with Crippen molar-refractivity contribution in [2.75, 3.05) is 0 Å². The van der Waals surface area contributed by atoms with Crippen molar-refractivity contribution >= 4 is 0 Å². The molecule has 0 aromatic heterocycles. The van der Waals surface area contributed by atoms with Gasteiger partial charge in [0.15, 0.2) is 0 Å². The van der Waals surface area contributed by atoms with Gasteiger partial charge in [-0.15, -0.1) is 0 Å². The van der Waals surface area contributed by atoms with Crippen LogP contribution < -0.4 is 5.73 Å². The topological polar surface area (TPSA) is 26.0 Å². The second kappa shape index (κ2) is 3.31. The molecule has 0 saturated heterocycles. The Labute approximate surface area is 82.9 Å². The quantitative estimate of drug-likeness (QED) is 0.739. The van der Waals surface area contributed by atoms with Crippen LogP contribution in [0.5, 0.6) is 0 Å². The lowest BCUT2D eigenvalue weighted by Crippen LogP contribution is -2.31. The first-order valence-electron chi connectivity index (χ1n) is 4.49. The van der Waals surface area contributed by atoms with E-state index >= 15 is 0 Å². The van der Waals surface area contributed by atoms with Crippen LogP contribution in [0.3, 0.4) is 0 Å². The minimum atomic E-state index is -0.725. The van der Waals surface area contributed by atoms with Crippen molar-refractivity contribution in [2.45, 2.75) is 33.2 Å². The predicted molar refractivity (Wildman–Crippen MR) is 53.0 cm³/mol. The summed E-state index contributed by atoms with van der Waals surface area (Å²) in [4.78, 5) is 0. The first-order chi connectivity index (χ1) is 6.25. The third-order valence-electron chi connectivity index (χ3n) is 2.36. The largest absolute Gasteiger partial charge is 0.322 e. The average Bonchev–Trinajstić information content (AvgIpc) is 1.98. The highest BCUT2D eigenvalue weighted by molar-refractivity contribution is 5.40. The fourth-order valence-electron chi connectivity index (χ4n) is 1.81. The van der Waals surface area contributed by atoms with Crippen LogP contribution >= 0.6 is 0 Å². The van der Waals surface area contributed by atoms with E-state index in [-0.39, 0.29) is 0 Å². The zero-order valence-electron chi connectivity index (χ0n) is 8.91. The molecule has 0 atom stereocenters. The zero-order valence-corrected chi connectivity index (χ0v) is 8.91. The molecular formula is C11H15F2N. The van der Waals surface area contributed by atoms with E-state index in [1.54, 1.807) is 27.7 Å². The Morgan fingerprint density at radius 1 is 1.07 bits per heavy atom. The van der Waals surface area contributed by atoms with E-state index in [1.807, 2.05) is 0 Å². The number of benzene rings is 1. The molecule has 0 heterocycles. The maximum absolute atomic E-state index is 13.3. The zero-order chi connectivity index (χ0) is 11.1. The van der Waals surface area contributed by atoms with Gasteiger partial charge in [-0.2, -0.15) is 0 Å². The summed E-state index contributed by atoms with van der Waals surface area (Å²) < 4.78 is 26.5. The van der Waals surface area contributed by atoms with E-state index in [0.29, 0.717) is 16.7 Å². The monoisotopic (exact) mass is 199 g/mol. The lowest BCUT2D eigenvalue weighted by molar-refractivity contribution is 0.511. The lowest BCUT2D eigenvalue weighted by Gasteiger charge is -2.24. The van der Waals surface area contributed by atoms with Gasteiger partial charge in [-0.05, 0) is 44.4 Å². The summed E-state index contributed by atoms with van der Waals surface area (Å²) in [6.45, 7) is 6.71. The summed E-state index contributed by atoms with van der Waals surface area (Å²) in [5.74, 6) is -1.08. The normalized spacial score (nSPS) is 11.9. The van der Waals surface area contributed by atoms with Gasteiger partial charge in [0.1, 0.15) is 11.6 Å². The number of hydrogen-bond donors (Lipinski definition) is 1. The molecule has 1 aromatic carbocycles. The van der Waals surface area contributed by atoms with E-state index in [9.17, 15) is 8.78 Å². The summed E-state index contributed by atoms with van der Waals surface area (Å²) in [7, 11) is 0. The molecule has 3 heteroatoms. The molecule has 2 N–H and O–H groups in total. The first kappa shape index (κ1) is 11.1. The van der Waals surface area contributed by atoms with Crippen LogP contribution in [0.4, 0.5) is 8.78 Å². The van der Waals surface area contributed by atoms with Gasteiger partial charge in [0.05, 0.1) is 0 Å². The van der Waals surface area contributed by atoms with Gasteiger partial charge in [0.25, 0.3) is 0 Å². The fourth-order valence-corrected chi connectivity index (χ4v) is 1.81. The molecule has 14 heavy (non-hydrogen) atoms. The summed E-state index contributed by atoms with van der Waals surface area (Å²) in [5.41, 5.74) is 6.54. The average molecular weight is 199 g/mol. The minimum Gasteiger partial charge on any atom is -0.322 e. The van der Waals surface area contributed by atoms with E-state index in [1.165, 1.54) is 0 Å². The van der Waals surface area contributed by atoms with Crippen LogP contribution in [0, 0.1) is 25.5 Å². The van der Waals surface area contributed by atoms with Crippen molar-refractivity contribution in [3.63, 3.8) is 0 Å². The molecule has 0 spiro atoms. The SMILES string of the molecule is Cc1c(F)cc(F)c(C)c1C(C)(C)N. The molecule has 1 nitrogen and oxygen atoms in total. The van der Waals surface area contributed by atoms with Crippen LogP contribution in [0.25, 0.3) is 0 Å². The van der Waals surface area contributed by atoms with Crippen molar-refractivity contribution < 1.29 is 8.78 Å². The molecule has 0 aliphatic carbocycles. The second-order valence-electron chi connectivity index (χ2n) is 4.19. The molecule has 0 bridgehead atoms. The van der Waals surface area contributed by atoms with Crippen molar-refractivity contribution in [3.05, 3.63) is 34.4 Å². The third-order valence-corrected chi connectivity index (χ3v) is 2.36. The third kappa shape index (κ3) is 1.77. The summed E-state index contributed by atoms with van der Waals surface area (Å²) in [5, 5.41) is 0. The standard InChI is InChI=1S/C11H15F2N/c1-6-8(12)5-9(13)7(2)10(6)11(3,4)14/h5H,14H2,1-4H3. The Morgan fingerprint density at radius 3 is 1.71 bits per heavy atom. The molecule has 0 saturated carbocycles. The van der Waals surface area contributed by atoms with E-state index in [0.717, 1.165) is 6.07 Å². The maximum Gasteiger partial charge on any atom is 0.129 e. The second-order valence-corrected chi connectivity index (χ2v) is 4.19. The number of hydrogen-bond acceptors (Lipinski definition) is 1. The molecule has 0 amide bonds. The number of nitrogens with two attached hydrogens (primary N) is 1. The van der Waals surface area contributed by atoms with Crippen molar-refractivity contribution in [3.8, 4) is 0 Å². The molecule has 0 radical (unpaired) electrons. The molecule has 0 fully saturated rings. The van der Waals surface area contributed by atoms with Gasteiger partial charge < -0.3 is 5.73 Å². The first-order valence-corrected chi connectivity index (χ1v) is 4.49. The predicted octanol–water partition coefficient (Wildman–Crippen LogP) is 2.78. The highest BCUT2D eigenvalue weighted by Gasteiger charge is 2.23. The maximum atomic E-state index is 13.3. The molecule has 0 aliphatic heterocycles. The van der Waals surface area contributed by atoms with Gasteiger partial charge in [0.2, 0.25) is 0 Å². The van der Waals surface area contributed by atoms with Gasteiger partial charge in [0, 0.05) is 11.6 Å². The highest BCUT2D eigenvalue weighted by Crippen LogP contribution is 2.28. The molecule has 78 valence electrons. The lowest BCUT2D eigenvalue weighted by atomic mass is 9.87. The highest BCUT2D eigenvalue weighted by atomic mass is 19.1. The van der Waals surface area contributed by atoms with Crippen molar-refractivity contribution in [1.29, 1.82) is 0 Å². The molecule has 1 rings (SSSR count). The molecular weight excluding hydrogens is 184 g/mol. The van der Waals surface area contributed by atoms with Crippen LogP contribution in [-0.2, 0) is 5.54 Å². The van der Waals surface area contributed by atoms with E-state index in [2.05, 4.69) is 0 Å². The van der Waals surface area contributed by atoms with Gasteiger partial charge in [-0.3, -0.25) is 0 Å². The Morgan fingerprint density at radius 2 is 1.43 bits per heavy atom. The van der Waals surface area contributed by atoms with Crippen molar-refractivity contribution in [1.82, 2.24) is 0 Å². The summed E-state index contributed by atoms with van der Waals surface area (Å²) in [6, 6.07) is 0.903. The van der Waals surface area contributed by atoms with Gasteiger partial charge >= 0.3 is 0 Å². The molecule has 0 unspecified atom stereocenters. The Hall–Kier alpha value is -0.960. The molecule has 0 aliphatic rings. The van der Waals surface area contributed by atoms with Crippen LogP contribution in [0.1, 0.15) is 30.5 Å². The van der Waals surface area contributed by atoms with Crippen molar-refractivity contribution in [2.24, 2.45) is 5.73 Å². The van der Waals surface area contributed by atoms with E-state index < -0.39 is 17.2 Å². The Balaban J connectivity index is 3.56. The van der Waals surface area contributed by atoms with Crippen LogP contribution in [-0.4, -0.2) is 0 Å². The van der Waals surface area contributed by atoms with Gasteiger partial charge in [-0.1, -0.05) is 0 Å². The summed E-state index contributed by atoms with van der Waals surface area (Å²) in [6.07, 6.45) is 0. The van der Waals surface area contributed by atoms with E-state index in [4.69, 9.17) is 5.73 Å². The Kier molecular flexibility index (Phi) is 2.63.